The number of oxime groups is 1. The standard InChI is InChI=1S/C28H43N5O7/c1-8-9-10-13-33(6)17-22(34)21(16-25(36)37)31-27(38)26(18(2)3)32-24(35)15-20-14-19(11-12-23(20)39-7)28(29-4)40-30-5/h11-12,14,18,21,26H,5,8-10,13,15-17H2,1-4,6-7H3,(H,31,38)(H,32,35)(H,36,37). The molecule has 222 valence electrons. The molecule has 0 fully saturated rings. The Hall–Kier alpha value is -3.80. The number of ether oxygens (including phenoxy) is 1. The first-order valence-electron chi connectivity index (χ1n) is 13.3. The van der Waals surface area contributed by atoms with Crippen LogP contribution in [0.15, 0.2) is 28.3 Å². The van der Waals surface area contributed by atoms with Crippen LogP contribution in [0.2, 0.25) is 0 Å². The highest BCUT2D eigenvalue weighted by molar-refractivity contribution is 5.96. The first-order chi connectivity index (χ1) is 19.0. The molecule has 1 rings (SSSR count). The molecule has 0 aliphatic heterocycles. The van der Waals surface area contributed by atoms with Gasteiger partial charge in [0.25, 0.3) is 5.90 Å². The van der Waals surface area contributed by atoms with E-state index in [9.17, 15) is 24.3 Å². The van der Waals surface area contributed by atoms with Gasteiger partial charge < -0.3 is 25.3 Å². The molecular formula is C28H43N5O7. The Kier molecular flexibility index (Phi) is 15.2. The number of nitrogens with zero attached hydrogens (tertiary/aromatic N) is 3. The monoisotopic (exact) mass is 561 g/mol. The molecule has 2 unspecified atom stereocenters. The number of carboxylic acid groups (broad SMARTS) is 1. The minimum atomic E-state index is -1.22. The second kappa shape index (κ2) is 17.7. The van der Waals surface area contributed by atoms with E-state index >= 15 is 0 Å². The highest BCUT2D eigenvalue weighted by Gasteiger charge is 2.30. The fourth-order valence-corrected chi connectivity index (χ4v) is 4.03. The van der Waals surface area contributed by atoms with Crippen molar-refractivity contribution in [1.29, 1.82) is 0 Å². The molecule has 0 aliphatic carbocycles. The molecule has 2 amide bonds. The van der Waals surface area contributed by atoms with Gasteiger partial charge in [0.15, 0.2) is 5.78 Å². The average Bonchev–Trinajstić information content (AvgIpc) is 2.89. The maximum Gasteiger partial charge on any atom is 0.305 e. The van der Waals surface area contributed by atoms with Crippen molar-refractivity contribution in [3.8, 4) is 5.75 Å². The molecule has 3 N–H and O–H groups in total. The zero-order valence-electron chi connectivity index (χ0n) is 24.4. The third-order valence-electron chi connectivity index (χ3n) is 6.15. The van der Waals surface area contributed by atoms with E-state index in [-0.39, 0.29) is 24.8 Å². The summed E-state index contributed by atoms with van der Waals surface area (Å²) in [5.74, 6) is -2.43. The Morgan fingerprint density at radius 1 is 1.15 bits per heavy atom. The zero-order chi connectivity index (χ0) is 30.2. The predicted molar refractivity (Wildman–Crippen MR) is 153 cm³/mol. The third-order valence-corrected chi connectivity index (χ3v) is 6.15. The van der Waals surface area contributed by atoms with Crippen LogP contribution < -0.4 is 15.4 Å². The number of aliphatic carboxylic acids is 1. The number of unbranched alkanes of at least 4 members (excludes halogenated alkanes) is 2. The molecule has 2 atom stereocenters. The van der Waals surface area contributed by atoms with Crippen LogP contribution in [-0.2, 0) is 30.4 Å². The normalized spacial score (nSPS) is 12.9. The fraction of sp³-hybridized carbons (Fsp3) is 0.571. The minimum Gasteiger partial charge on any atom is -0.496 e. The molecular weight excluding hydrogens is 518 g/mol. The van der Waals surface area contributed by atoms with Gasteiger partial charge in [-0.3, -0.25) is 29.1 Å². The van der Waals surface area contributed by atoms with Crippen molar-refractivity contribution in [2.24, 2.45) is 16.1 Å². The summed E-state index contributed by atoms with van der Waals surface area (Å²) in [4.78, 5) is 61.5. The van der Waals surface area contributed by atoms with Crippen molar-refractivity contribution >= 4 is 36.2 Å². The van der Waals surface area contributed by atoms with Gasteiger partial charge in [-0.25, -0.2) is 0 Å². The fourth-order valence-electron chi connectivity index (χ4n) is 4.03. The Morgan fingerprint density at radius 3 is 2.40 bits per heavy atom. The van der Waals surface area contributed by atoms with E-state index in [1.54, 1.807) is 39.1 Å². The number of amides is 2. The van der Waals surface area contributed by atoms with Crippen molar-refractivity contribution in [3.05, 3.63) is 29.3 Å². The molecule has 1 aromatic carbocycles. The number of aliphatic imine (C=N–C) groups is 1. The molecule has 12 nitrogen and oxygen atoms in total. The number of methoxy groups -OCH3 is 1. The lowest BCUT2D eigenvalue weighted by Crippen LogP contribution is -2.55. The van der Waals surface area contributed by atoms with Gasteiger partial charge >= 0.3 is 5.97 Å². The average molecular weight is 562 g/mol. The first-order valence-corrected chi connectivity index (χ1v) is 13.3. The lowest BCUT2D eigenvalue weighted by molar-refractivity contribution is -0.141. The van der Waals surface area contributed by atoms with Gasteiger partial charge in [0, 0.05) is 24.9 Å². The van der Waals surface area contributed by atoms with Crippen molar-refractivity contribution in [2.75, 3.05) is 34.3 Å². The van der Waals surface area contributed by atoms with Crippen LogP contribution in [0.4, 0.5) is 0 Å². The SMILES string of the molecule is C=NOC(=NC)c1ccc(OC)c(CC(=O)NC(C(=O)NC(CC(=O)O)C(=O)CN(C)CCCCC)C(C)C)c1. The Balaban J connectivity index is 3.02. The summed E-state index contributed by atoms with van der Waals surface area (Å²) in [6.07, 6.45) is 2.28. The molecule has 0 radical (unpaired) electrons. The van der Waals surface area contributed by atoms with Crippen molar-refractivity contribution in [2.45, 2.75) is 65.0 Å². The van der Waals surface area contributed by atoms with Gasteiger partial charge in [-0.05, 0) is 44.1 Å². The lowest BCUT2D eigenvalue weighted by Gasteiger charge is -2.26. The van der Waals surface area contributed by atoms with E-state index < -0.39 is 42.1 Å². The van der Waals surface area contributed by atoms with Crippen LogP contribution in [-0.4, -0.2) is 92.6 Å². The summed E-state index contributed by atoms with van der Waals surface area (Å²) >= 11 is 0. The number of rotatable bonds is 18. The van der Waals surface area contributed by atoms with E-state index in [0.29, 0.717) is 23.4 Å². The van der Waals surface area contributed by atoms with E-state index in [1.807, 2.05) is 4.90 Å². The summed E-state index contributed by atoms with van der Waals surface area (Å²) in [5.41, 5.74) is 1.06. The second-order valence-corrected chi connectivity index (χ2v) is 9.81. The summed E-state index contributed by atoms with van der Waals surface area (Å²) in [7, 11) is 4.77. The number of carbonyl (C=O) groups is 4. The van der Waals surface area contributed by atoms with Crippen LogP contribution in [0.1, 0.15) is 57.6 Å². The van der Waals surface area contributed by atoms with E-state index in [4.69, 9.17) is 9.57 Å². The predicted octanol–water partition coefficient (Wildman–Crippen LogP) is 2.04. The van der Waals surface area contributed by atoms with Gasteiger partial charge in [-0.15, -0.1) is 0 Å². The van der Waals surface area contributed by atoms with Crippen LogP contribution >= 0.6 is 0 Å². The molecule has 0 aliphatic rings. The number of likely N-dealkylation sites (N-methyl/N-ethyl adjacent to an activating group) is 1. The largest absolute Gasteiger partial charge is 0.496 e. The molecule has 40 heavy (non-hydrogen) atoms. The molecule has 0 saturated heterocycles. The molecule has 0 saturated carbocycles. The number of benzene rings is 1. The van der Waals surface area contributed by atoms with Crippen LogP contribution in [0.5, 0.6) is 5.75 Å². The molecule has 0 spiro atoms. The highest BCUT2D eigenvalue weighted by Crippen LogP contribution is 2.22. The van der Waals surface area contributed by atoms with E-state index in [1.165, 1.54) is 14.2 Å². The summed E-state index contributed by atoms with van der Waals surface area (Å²) in [6.45, 7) is 9.53. The van der Waals surface area contributed by atoms with Gasteiger partial charge in [0.05, 0.1) is 32.5 Å². The molecule has 0 heterocycles. The number of carbonyl (C=O) groups excluding carboxylic acids is 3. The third kappa shape index (κ3) is 11.5. The number of nitrogens with one attached hydrogen (secondary N) is 2. The number of ketones is 1. The number of carboxylic acids is 1. The van der Waals surface area contributed by atoms with Crippen LogP contribution in [0.3, 0.4) is 0 Å². The van der Waals surface area contributed by atoms with Crippen LogP contribution in [0, 0.1) is 5.92 Å². The Morgan fingerprint density at radius 2 is 1.85 bits per heavy atom. The van der Waals surface area contributed by atoms with E-state index in [0.717, 1.165) is 19.3 Å². The second-order valence-electron chi connectivity index (χ2n) is 9.81. The number of hydrogen-bond acceptors (Lipinski definition) is 9. The maximum absolute atomic E-state index is 13.2. The molecule has 0 bridgehead atoms. The zero-order valence-corrected chi connectivity index (χ0v) is 24.4. The van der Waals surface area contributed by atoms with Gasteiger partial charge in [0.1, 0.15) is 11.8 Å². The first kappa shape index (κ1) is 34.2. The van der Waals surface area contributed by atoms with Crippen molar-refractivity contribution < 1.29 is 33.9 Å². The van der Waals surface area contributed by atoms with Gasteiger partial charge in [-0.2, -0.15) is 0 Å². The maximum atomic E-state index is 13.2. The lowest BCUT2D eigenvalue weighted by atomic mass is 10.0. The van der Waals surface area contributed by atoms with Gasteiger partial charge in [-0.1, -0.05) is 38.8 Å². The molecule has 0 aromatic heterocycles. The molecule has 1 aromatic rings. The van der Waals surface area contributed by atoms with Gasteiger partial charge in [0.2, 0.25) is 11.8 Å². The summed E-state index contributed by atoms with van der Waals surface area (Å²) in [6, 6.07) is 2.78. The Labute approximate surface area is 236 Å². The highest BCUT2D eigenvalue weighted by atomic mass is 16.6. The van der Waals surface area contributed by atoms with Crippen LogP contribution in [0.25, 0.3) is 0 Å². The molecule has 12 heteroatoms. The van der Waals surface area contributed by atoms with Crippen molar-refractivity contribution in [3.63, 3.8) is 0 Å². The quantitative estimate of drug-likeness (QED) is 0.106. The van der Waals surface area contributed by atoms with E-state index in [2.05, 4.69) is 34.4 Å². The Bertz CT molecular complexity index is 1060. The summed E-state index contributed by atoms with van der Waals surface area (Å²) in [5, 5.41) is 18.0. The number of Topliss-reactive ketones (excluding diaryl/α,β-unsaturated/α-hetero) is 1. The topological polar surface area (TPSA) is 159 Å². The minimum absolute atomic E-state index is 0.00488. The number of hydrogen-bond donors (Lipinski definition) is 3. The van der Waals surface area contributed by atoms with Crippen molar-refractivity contribution in [1.82, 2.24) is 15.5 Å². The smallest absolute Gasteiger partial charge is 0.305 e. The summed E-state index contributed by atoms with van der Waals surface area (Å²) < 4.78 is 5.38.